The Kier molecular flexibility index (Phi) is 3.90. The molecule has 2 N–H and O–H groups in total. The second kappa shape index (κ2) is 5.41. The molecular weight excluding hydrogens is 204 g/mol. The Morgan fingerprint density at radius 3 is 2.81 bits per heavy atom. The van der Waals surface area contributed by atoms with Crippen molar-refractivity contribution in [2.24, 2.45) is 5.73 Å². The molecule has 1 saturated carbocycles. The topological polar surface area (TPSA) is 66.0 Å². The maximum Gasteiger partial charge on any atom is 0.0900 e. The molecule has 1 aromatic heterocycles. The molecule has 0 aliphatic heterocycles. The summed E-state index contributed by atoms with van der Waals surface area (Å²) in [6.07, 6.45) is 5.79. The zero-order valence-electron chi connectivity index (χ0n) is 9.85. The van der Waals surface area contributed by atoms with Gasteiger partial charge in [-0.3, -0.25) is 0 Å². The van der Waals surface area contributed by atoms with E-state index in [0.29, 0.717) is 19.2 Å². The number of nitrogens with zero attached hydrogens (tertiary/aromatic N) is 3. The van der Waals surface area contributed by atoms with Gasteiger partial charge in [-0.2, -0.15) is 0 Å². The SMILES string of the molecule is COCc1c(CCN)nnn1C1CCCC1. The lowest BCUT2D eigenvalue weighted by atomic mass is 10.2. The maximum atomic E-state index is 5.57. The van der Waals surface area contributed by atoms with E-state index in [0.717, 1.165) is 17.8 Å². The third-order valence-electron chi connectivity index (χ3n) is 3.20. The average Bonchev–Trinajstić information content (AvgIpc) is 2.89. The van der Waals surface area contributed by atoms with Crippen LogP contribution >= 0.6 is 0 Å². The van der Waals surface area contributed by atoms with Crippen LogP contribution in [0.2, 0.25) is 0 Å². The van der Waals surface area contributed by atoms with Crippen LogP contribution in [0.3, 0.4) is 0 Å². The summed E-state index contributed by atoms with van der Waals surface area (Å²) in [5, 5.41) is 8.49. The van der Waals surface area contributed by atoms with Crippen molar-refractivity contribution in [2.75, 3.05) is 13.7 Å². The number of hydrogen-bond acceptors (Lipinski definition) is 4. The van der Waals surface area contributed by atoms with Crippen LogP contribution in [-0.4, -0.2) is 28.6 Å². The van der Waals surface area contributed by atoms with Crippen molar-refractivity contribution >= 4 is 0 Å². The lowest BCUT2D eigenvalue weighted by Gasteiger charge is -2.13. The first-order valence-electron chi connectivity index (χ1n) is 5.98. The zero-order valence-corrected chi connectivity index (χ0v) is 9.85. The Bertz CT molecular complexity index is 331. The smallest absolute Gasteiger partial charge is 0.0900 e. The summed E-state index contributed by atoms with van der Waals surface area (Å²) in [5.41, 5.74) is 7.68. The molecule has 0 aromatic carbocycles. The first kappa shape index (κ1) is 11.5. The molecule has 0 unspecified atom stereocenters. The molecule has 90 valence electrons. The van der Waals surface area contributed by atoms with E-state index in [9.17, 15) is 0 Å². The Hall–Kier alpha value is -0.940. The fraction of sp³-hybridized carbons (Fsp3) is 0.818. The molecule has 1 aliphatic rings. The van der Waals surface area contributed by atoms with Crippen LogP contribution in [-0.2, 0) is 17.8 Å². The molecule has 1 heterocycles. The van der Waals surface area contributed by atoms with Gasteiger partial charge >= 0.3 is 0 Å². The normalized spacial score (nSPS) is 17.1. The Balaban J connectivity index is 2.21. The van der Waals surface area contributed by atoms with Gasteiger partial charge in [-0.05, 0) is 19.4 Å². The number of ether oxygens (including phenoxy) is 1. The summed E-state index contributed by atoms with van der Waals surface area (Å²) in [5.74, 6) is 0. The van der Waals surface area contributed by atoms with E-state index < -0.39 is 0 Å². The zero-order chi connectivity index (χ0) is 11.4. The van der Waals surface area contributed by atoms with Crippen molar-refractivity contribution in [3.8, 4) is 0 Å². The second-order valence-electron chi connectivity index (χ2n) is 4.34. The Morgan fingerprint density at radius 1 is 1.44 bits per heavy atom. The van der Waals surface area contributed by atoms with Crippen LogP contribution in [0.1, 0.15) is 43.1 Å². The minimum atomic E-state index is 0.518. The van der Waals surface area contributed by atoms with E-state index in [1.54, 1.807) is 7.11 Å². The molecule has 5 nitrogen and oxygen atoms in total. The largest absolute Gasteiger partial charge is 0.378 e. The number of nitrogens with two attached hydrogens (primary N) is 1. The number of methoxy groups -OCH3 is 1. The number of rotatable bonds is 5. The fourth-order valence-corrected chi connectivity index (χ4v) is 2.41. The standard InChI is InChI=1S/C11H20N4O/c1-16-8-11-10(6-7-12)13-14-15(11)9-4-2-3-5-9/h9H,2-8,12H2,1H3. The van der Waals surface area contributed by atoms with Crippen LogP contribution < -0.4 is 5.73 Å². The third-order valence-corrected chi connectivity index (χ3v) is 3.20. The molecule has 0 radical (unpaired) electrons. The Labute approximate surface area is 96.0 Å². The average molecular weight is 224 g/mol. The molecule has 0 amide bonds. The summed E-state index contributed by atoms with van der Waals surface area (Å²) in [4.78, 5) is 0. The van der Waals surface area contributed by atoms with Crippen molar-refractivity contribution in [1.29, 1.82) is 0 Å². The third kappa shape index (κ3) is 2.25. The summed E-state index contributed by atoms with van der Waals surface area (Å²) in [7, 11) is 1.71. The van der Waals surface area contributed by atoms with Crippen LogP contribution in [0.25, 0.3) is 0 Å². The first-order chi connectivity index (χ1) is 7.86. The van der Waals surface area contributed by atoms with E-state index in [1.807, 2.05) is 0 Å². The van der Waals surface area contributed by atoms with Crippen LogP contribution in [0.4, 0.5) is 0 Å². The predicted molar refractivity (Wildman–Crippen MR) is 61.0 cm³/mol. The minimum absolute atomic E-state index is 0.518. The monoisotopic (exact) mass is 224 g/mol. The van der Waals surface area contributed by atoms with Crippen molar-refractivity contribution in [3.63, 3.8) is 0 Å². The molecule has 1 fully saturated rings. The second-order valence-corrected chi connectivity index (χ2v) is 4.34. The highest BCUT2D eigenvalue weighted by atomic mass is 16.5. The highest BCUT2D eigenvalue weighted by molar-refractivity contribution is 5.11. The lowest BCUT2D eigenvalue weighted by Crippen LogP contribution is -2.13. The lowest BCUT2D eigenvalue weighted by molar-refractivity contribution is 0.173. The van der Waals surface area contributed by atoms with Crippen molar-refractivity contribution in [2.45, 2.75) is 44.8 Å². The summed E-state index contributed by atoms with van der Waals surface area (Å²) in [6, 6.07) is 0.518. The molecule has 5 heteroatoms. The summed E-state index contributed by atoms with van der Waals surface area (Å²) >= 11 is 0. The fourth-order valence-electron chi connectivity index (χ4n) is 2.41. The highest BCUT2D eigenvalue weighted by Gasteiger charge is 2.22. The molecule has 2 rings (SSSR count). The molecule has 0 bridgehead atoms. The van der Waals surface area contributed by atoms with Gasteiger partial charge in [0.25, 0.3) is 0 Å². The molecule has 1 aromatic rings. The maximum absolute atomic E-state index is 5.57. The number of aromatic nitrogens is 3. The van der Waals surface area contributed by atoms with Gasteiger partial charge in [-0.15, -0.1) is 5.10 Å². The van der Waals surface area contributed by atoms with Gasteiger partial charge in [-0.25, -0.2) is 4.68 Å². The van der Waals surface area contributed by atoms with Gasteiger partial charge < -0.3 is 10.5 Å². The summed E-state index contributed by atoms with van der Waals surface area (Å²) < 4.78 is 7.29. The van der Waals surface area contributed by atoms with E-state index in [-0.39, 0.29) is 0 Å². The van der Waals surface area contributed by atoms with Gasteiger partial charge in [-0.1, -0.05) is 18.1 Å². The molecular formula is C11H20N4O. The molecule has 0 atom stereocenters. The van der Waals surface area contributed by atoms with Crippen LogP contribution in [0.15, 0.2) is 0 Å². The van der Waals surface area contributed by atoms with Crippen LogP contribution in [0.5, 0.6) is 0 Å². The Morgan fingerprint density at radius 2 is 2.19 bits per heavy atom. The van der Waals surface area contributed by atoms with Crippen molar-refractivity contribution < 1.29 is 4.74 Å². The van der Waals surface area contributed by atoms with E-state index in [2.05, 4.69) is 15.0 Å². The summed E-state index contributed by atoms with van der Waals surface area (Å²) in [6.45, 7) is 1.19. The van der Waals surface area contributed by atoms with E-state index in [4.69, 9.17) is 10.5 Å². The van der Waals surface area contributed by atoms with E-state index >= 15 is 0 Å². The van der Waals surface area contributed by atoms with Gasteiger partial charge in [0.05, 0.1) is 24.0 Å². The van der Waals surface area contributed by atoms with E-state index in [1.165, 1.54) is 25.7 Å². The molecule has 0 spiro atoms. The highest BCUT2D eigenvalue weighted by Crippen LogP contribution is 2.30. The van der Waals surface area contributed by atoms with Crippen molar-refractivity contribution in [1.82, 2.24) is 15.0 Å². The van der Waals surface area contributed by atoms with Gasteiger partial charge in [0.2, 0.25) is 0 Å². The molecule has 16 heavy (non-hydrogen) atoms. The predicted octanol–water partition coefficient (Wildman–Crippen LogP) is 1.04. The van der Waals surface area contributed by atoms with Crippen molar-refractivity contribution in [3.05, 3.63) is 11.4 Å². The number of hydrogen-bond donors (Lipinski definition) is 1. The quantitative estimate of drug-likeness (QED) is 0.811. The van der Waals surface area contributed by atoms with Crippen LogP contribution in [0, 0.1) is 0 Å². The van der Waals surface area contributed by atoms with Gasteiger partial charge in [0, 0.05) is 13.5 Å². The molecule has 0 saturated heterocycles. The van der Waals surface area contributed by atoms with Gasteiger partial charge in [0.15, 0.2) is 0 Å². The molecule has 1 aliphatic carbocycles. The first-order valence-corrected chi connectivity index (χ1v) is 5.98. The minimum Gasteiger partial charge on any atom is -0.378 e. The van der Waals surface area contributed by atoms with Gasteiger partial charge in [0.1, 0.15) is 0 Å².